The van der Waals surface area contributed by atoms with E-state index in [-0.39, 0.29) is 34.0 Å². The van der Waals surface area contributed by atoms with Gasteiger partial charge in [-0.1, -0.05) is 23.7 Å². The van der Waals surface area contributed by atoms with E-state index in [1.54, 1.807) is 31.5 Å². The Morgan fingerprint density at radius 2 is 2.08 bits per heavy atom. The Balaban J connectivity index is 1.85. The van der Waals surface area contributed by atoms with E-state index < -0.39 is 11.6 Å². The van der Waals surface area contributed by atoms with Crippen molar-refractivity contribution >= 4 is 23.2 Å². The Bertz CT molecular complexity index is 951. The molecule has 3 aromatic rings. The van der Waals surface area contributed by atoms with Crippen molar-refractivity contribution in [2.45, 2.75) is 13.3 Å². The minimum atomic E-state index is -0.651. The first-order valence-corrected chi connectivity index (χ1v) is 7.95. The quantitative estimate of drug-likeness (QED) is 0.698. The maximum Gasteiger partial charge on any atom is 0.199 e. The molecular formula is C19H14ClFN2O2. The van der Waals surface area contributed by atoms with Crippen LogP contribution in [0.1, 0.15) is 37.5 Å². The summed E-state index contributed by atoms with van der Waals surface area (Å²) in [5.41, 5.74) is 1.36. The highest BCUT2D eigenvalue weighted by Gasteiger charge is 2.21. The molecule has 0 aliphatic heterocycles. The number of rotatable bonds is 5. The van der Waals surface area contributed by atoms with Crippen LogP contribution in [0, 0.1) is 12.7 Å². The summed E-state index contributed by atoms with van der Waals surface area (Å²) >= 11 is 5.98. The lowest BCUT2D eigenvalue weighted by molar-refractivity contribution is 0.0988. The summed E-state index contributed by atoms with van der Waals surface area (Å²) in [6, 6.07) is 7.94. The number of aryl methyl sites for hydroxylation is 1. The van der Waals surface area contributed by atoms with E-state index >= 15 is 0 Å². The van der Waals surface area contributed by atoms with Crippen LogP contribution in [0.5, 0.6) is 0 Å². The SMILES string of the molecule is Cc1ccc(Cl)c(C(=O)c2c[nH]c(C(=O)Cc3cccnc3)c2)c1F. The smallest absolute Gasteiger partial charge is 0.199 e. The molecule has 126 valence electrons. The molecule has 2 heterocycles. The fourth-order valence-electron chi connectivity index (χ4n) is 2.48. The molecule has 2 aromatic heterocycles. The monoisotopic (exact) mass is 356 g/mol. The third-order valence-corrected chi connectivity index (χ3v) is 4.16. The summed E-state index contributed by atoms with van der Waals surface area (Å²) < 4.78 is 14.3. The molecule has 25 heavy (non-hydrogen) atoms. The van der Waals surface area contributed by atoms with Gasteiger partial charge in [-0.15, -0.1) is 0 Å². The van der Waals surface area contributed by atoms with Crippen LogP contribution in [-0.2, 0) is 6.42 Å². The van der Waals surface area contributed by atoms with Crippen molar-refractivity contribution in [3.05, 3.63) is 87.7 Å². The highest BCUT2D eigenvalue weighted by molar-refractivity contribution is 6.35. The number of hydrogen-bond acceptors (Lipinski definition) is 3. The average molecular weight is 357 g/mol. The van der Waals surface area contributed by atoms with Gasteiger partial charge in [0.05, 0.1) is 16.3 Å². The second-order valence-electron chi connectivity index (χ2n) is 5.65. The molecular weight excluding hydrogens is 343 g/mol. The summed E-state index contributed by atoms with van der Waals surface area (Å²) in [6.07, 6.45) is 4.77. The number of aromatic nitrogens is 2. The summed E-state index contributed by atoms with van der Waals surface area (Å²) in [4.78, 5) is 31.6. The van der Waals surface area contributed by atoms with Crippen molar-refractivity contribution in [2.24, 2.45) is 0 Å². The van der Waals surface area contributed by atoms with Crippen molar-refractivity contribution in [3.63, 3.8) is 0 Å². The number of carbonyl (C=O) groups excluding carboxylic acids is 2. The maximum absolute atomic E-state index is 14.3. The van der Waals surface area contributed by atoms with E-state index in [0.29, 0.717) is 5.56 Å². The van der Waals surface area contributed by atoms with E-state index in [1.807, 2.05) is 0 Å². The minimum Gasteiger partial charge on any atom is -0.358 e. The van der Waals surface area contributed by atoms with Crippen LogP contribution in [0.2, 0.25) is 5.02 Å². The molecule has 0 saturated heterocycles. The third kappa shape index (κ3) is 3.51. The number of nitrogens with zero attached hydrogens (tertiary/aromatic N) is 1. The Kier molecular flexibility index (Phi) is 4.76. The second-order valence-corrected chi connectivity index (χ2v) is 6.05. The van der Waals surface area contributed by atoms with Gasteiger partial charge < -0.3 is 4.98 Å². The van der Waals surface area contributed by atoms with Gasteiger partial charge in [0.25, 0.3) is 0 Å². The van der Waals surface area contributed by atoms with Crippen LogP contribution in [0.25, 0.3) is 0 Å². The molecule has 1 N–H and O–H groups in total. The normalized spacial score (nSPS) is 10.7. The number of halogens is 2. The van der Waals surface area contributed by atoms with Crippen LogP contribution in [0.3, 0.4) is 0 Å². The van der Waals surface area contributed by atoms with Gasteiger partial charge in [-0.3, -0.25) is 14.6 Å². The van der Waals surface area contributed by atoms with Gasteiger partial charge in [-0.05, 0) is 36.2 Å². The molecule has 0 fully saturated rings. The van der Waals surface area contributed by atoms with Crippen molar-refractivity contribution in [3.8, 4) is 0 Å². The van der Waals surface area contributed by atoms with Crippen LogP contribution in [-0.4, -0.2) is 21.5 Å². The standard InChI is InChI=1S/C19H14ClFN2O2/c1-11-4-5-14(20)17(18(11)21)19(25)13-8-15(23-10-13)16(24)7-12-3-2-6-22-9-12/h2-6,8-10,23H,7H2,1H3. The lowest BCUT2D eigenvalue weighted by atomic mass is 10.0. The Labute approximate surface area is 148 Å². The summed E-state index contributed by atoms with van der Waals surface area (Å²) in [7, 11) is 0. The number of hydrogen-bond donors (Lipinski definition) is 1. The molecule has 1 aromatic carbocycles. The van der Waals surface area contributed by atoms with Gasteiger partial charge in [-0.25, -0.2) is 4.39 Å². The zero-order valence-electron chi connectivity index (χ0n) is 13.3. The largest absolute Gasteiger partial charge is 0.358 e. The molecule has 0 spiro atoms. The number of nitrogens with one attached hydrogen (secondary N) is 1. The number of ketones is 2. The van der Waals surface area contributed by atoms with E-state index in [1.165, 1.54) is 24.4 Å². The predicted molar refractivity (Wildman–Crippen MR) is 92.6 cm³/mol. The molecule has 3 rings (SSSR count). The summed E-state index contributed by atoms with van der Waals surface area (Å²) in [6.45, 7) is 1.56. The zero-order chi connectivity index (χ0) is 18.0. The Morgan fingerprint density at radius 3 is 2.80 bits per heavy atom. The summed E-state index contributed by atoms with van der Waals surface area (Å²) in [5.74, 6) is -1.41. The Hall–Kier alpha value is -2.79. The fraction of sp³-hybridized carbons (Fsp3) is 0.105. The van der Waals surface area contributed by atoms with Crippen molar-refractivity contribution in [1.82, 2.24) is 9.97 Å². The number of carbonyl (C=O) groups is 2. The topological polar surface area (TPSA) is 62.8 Å². The lowest BCUT2D eigenvalue weighted by Gasteiger charge is -2.06. The molecule has 6 heteroatoms. The third-order valence-electron chi connectivity index (χ3n) is 3.84. The molecule has 0 aliphatic carbocycles. The fourth-order valence-corrected chi connectivity index (χ4v) is 2.71. The first-order valence-electron chi connectivity index (χ1n) is 7.57. The molecule has 0 saturated carbocycles. The minimum absolute atomic E-state index is 0.0394. The first-order chi connectivity index (χ1) is 12.0. The molecule has 0 radical (unpaired) electrons. The van der Waals surface area contributed by atoms with Gasteiger partial charge in [0.2, 0.25) is 0 Å². The van der Waals surface area contributed by atoms with Gasteiger partial charge in [-0.2, -0.15) is 0 Å². The van der Waals surface area contributed by atoms with Gasteiger partial charge in [0, 0.05) is 30.6 Å². The van der Waals surface area contributed by atoms with Crippen LogP contribution in [0.4, 0.5) is 4.39 Å². The highest BCUT2D eigenvalue weighted by Crippen LogP contribution is 2.25. The van der Waals surface area contributed by atoms with Crippen LogP contribution >= 0.6 is 11.6 Å². The van der Waals surface area contributed by atoms with Crippen LogP contribution < -0.4 is 0 Å². The summed E-state index contributed by atoms with van der Waals surface area (Å²) in [5, 5.41) is 0.0394. The number of Topliss-reactive ketones (excluding diaryl/α,β-unsaturated/α-hetero) is 1. The highest BCUT2D eigenvalue weighted by atomic mass is 35.5. The number of benzene rings is 1. The van der Waals surface area contributed by atoms with Gasteiger partial charge in [0.15, 0.2) is 11.6 Å². The molecule has 0 amide bonds. The lowest BCUT2D eigenvalue weighted by Crippen LogP contribution is -2.06. The van der Waals surface area contributed by atoms with Crippen molar-refractivity contribution in [2.75, 3.05) is 0 Å². The van der Waals surface area contributed by atoms with Gasteiger partial charge in [0.1, 0.15) is 5.82 Å². The van der Waals surface area contributed by atoms with E-state index in [9.17, 15) is 14.0 Å². The predicted octanol–water partition coefficient (Wildman–Crippen LogP) is 4.17. The van der Waals surface area contributed by atoms with E-state index in [0.717, 1.165) is 5.56 Å². The van der Waals surface area contributed by atoms with Crippen LogP contribution in [0.15, 0.2) is 48.9 Å². The van der Waals surface area contributed by atoms with E-state index in [2.05, 4.69) is 9.97 Å². The van der Waals surface area contributed by atoms with Gasteiger partial charge >= 0.3 is 0 Å². The zero-order valence-corrected chi connectivity index (χ0v) is 14.1. The maximum atomic E-state index is 14.3. The molecule has 0 atom stereocenters. The molecule has 4 nitrogen and oxygen atoms in total. The molecule has 0 unspecified atom stereocenters. The van der Waals surface area contributed by atoms with Crippen molar-refractivity contribution in [1.29, 1.82) is 0 Å². The second kappa shape index (κ2) is 6.99. The number of pyridine rings is 1. The Morgan fingerprint density at radius 1 is 1.28 bits per heavy atom. The van der Waals surface area contributed by atoms with Crippen molar-refractivity contribution < 1.29 is 14.0 Å². The first kappa shape index (κ1) is 17.0. The van der Waals surface area contributed by atoms with E-state index in [4.69, 9.17) is 11.6 Å². The molecule has 0 aliphatic rings. The number of H-pyrrole nitrogens is 1. The average Bonchev–Trinajstić information content (AvgIpc) is 3.09. The molecule has 0 bridgehead atoms. The number of aromatic amines is 1.